The second kappa shape index (κ2) is 6.51. The zero-order valence-electron chi connectivity index (χ0n) is 9.11. The van der Waals surface area contributed by atoms with Crippen LogP contribution in [0.15, 0.2) is 18.2 Å². The van der Waals surface area contributed by atoms with Gasteiger partial charge < -0.3 is 5.11 Å². The molecular weight excluding hydrogens is 225 g/mol. The molecule has 0 saturated heterocycles. The van der Waals surface area contributed by atoms with Gasteiger partial charge in [-0.1, -0.05) is 13.0 Å². The van der Waals surface area contributed by atoms with Crippen molar-refractivity contribution in [3.05, 3.63) is 35.1 Å². The van der Waals surface area contributed by atoms with Gasteiger partial charge in [-0.15, -0.1) is 0 Å². The second-order valence-corrected chi connectivity index (χ2v) is 4.76. The van der Waals surface area contributed by atoms with Gasteiger partial charge in [0.15, 0.2) is 0 Å². The number of benzene rings is 1. The van der Waals surface area contributed by atoms with Crippen LogP contribution in [0.3, 0.4) is 0 Å². The van der Waals surface area contributed by atoms with E-state index >= 15 is 0 Å². The Morgan fingerprint density at radius 3 is 2.94 bits per heavy atom. The summed E-state index contributed by atoms with van der Waals surface area (Å²) in [5, 5.41) is 17.5. The fourth-order valence-electron chi connectivity index (χ4n) is 1.18. The number of rotatable bonds is 5. The molecule has 0 amide bonds. The van der Waals surface area contributed by atoms with Crippen molar-refractivity contribution in [2.75, 3.05) is 12.4 Å². The molecule has 0 aromatic heterocycles. The maximum Gasteiger partial charge on any atom is 0.140 e. The normalized spacial score (nSPS) is 12.1. The molecule has 1 N–H and O–H groups in total. The highest BCUT2D eigenvalue weighted by molar-refractivity contribution is 7.98. The van der Waals surface area contributed by atoms with Crippen LogP contribution in [0, 0.1) is 23.1 Å². The molecule has 0 bridgehead atoms. The van der Waals surface area contributed by atoms with E-state index in [-0.39, 0.29) is 18.1 Å². The van der Waals surface area contributed by atoms with Crippen LogP contribution in [0.5, 0.6) is 0 Å². The molecule has 0 fully saturated rings. The van der Waals surface area contributed by atoms with Crippen LogP contribution in [0.4, 0.5) is 4.39 Å². The third kappa shape index (κ3) is 3.84. The predicted molar refractivity (Wildman–Crippen MR) is 63.5 cm³/mol. The molecule has 1 unspecified atom stereocenters. The molecule has 86 valence electrons. The van der Waals surface area contributed by atoms with Crippen LogP contribution in [0.25, 0.3) is 0 Å². The SMILES string of the molecule is CC(CO)CSCc1ccc(F)c(C#N)c1. The molecule has 1 aromatic rings. The fourth-order valence-corrected chi connectivity index (χ4v) is 2.22. The Bertz CT molecular complexity index is 389. The average Bonchev–Trinajstić information content (AvgIpc) is 2.31. The lowest BCUT2D eigenvalue weighted by atomic mass is 10.1. The van der Waals surface area contributed by atoms with Crippen molar-refractivity contribution in [3.8, 4) is 6.07 Å². The predicted octanol–water partition coefficient (Wildman–Crippen LogP) is 2.56. The summed E-state index contributed by atoms with van der Waals surface area (Å²) in [6.45, 7) is 2.15. The number of aliphatic hydroxyl groups excluding tert-OH is 1. The first kappa shape index (κ1) is 13.0. The quantitative estimate of drug-likeness (QED) is 0.858. The Morgan fingerprint density at radius 2 is 2.31 bits per heavy atom. The van der Waals surface area contributed by atoms with Crippen LogP contribution < -0.4 is 0 Å². The smallest absolute Gasteiger partial charge is 0.140 e. The molecule has 16 heavy (non-hydrogen) atoms. The summed E-state index contributed by atoms with van der Waals surface area (Å²) in [6.07, 6.45) is 0. The second-order valence-electron chi connectivity index (χ2n) is 3.73. The minimum absolute atomic E-state index is 0.0910. The van der Waals surface area contributed by atoms with Crippen molar-refractivity contribution in [3.63, 3.8) is 0 Å². The maximum absolute atomic E-state index is 13.0. The van der Waals surface area contributed by atoms with Crippen LogP contribution in [0.2, 0.25) is 0 Å². The van der Waals surface area contributed by atoms with Gasteiger partial charge in [0, 0.05) is 12.4 Å². The van der Waals surface area contributed by atoms with Crippen molar-refractivity contribution in [2.45, 2.75) is 12.7 Å². The summed E-state index contributed by atoms with van der Waals surface area (Å²) in [5.41, 5.74) is 1.03. The lowest BCUT2D eigenvalue weighted by Crippen LogP contribution is -2.03. The molecule has 0 aliphatic rings. The van der Waals surface area contributed by atoms with Crippen molar-refractivity contribution in [1.82, 2.24) is 0 Å². The molecule has 1 aromatic carbocycles. The van der Waals surface area contributed by atoms with Gasteiger partial charge in [-0.2, -0.15) is 17.0 Å². The molecule has 0 saturated carbocycles. The van der Waals surface area contributed by atoms with Gasteiger partial charge in [-0.25, -0.2) is 4.39 Å². The highest BCUT2D eigenvalue weighted by Gasteiger charge is 2.04. The summed E-state index contributed by atoms with van der Waals surface area (Å²) >= 11 is 1.67. The van der Waals surface area contributed by atoms with E-state index in [1.807, 2.05) is 13.0 Å². The topological polar surface area (TPSA) is 44.0 Å². The number of nitrogens with zero attached hydrogens (tertiary/aromatic N) is 1. The van der Waals surface area contributed by atoms with Crippen LogP contribution in [-0.2, 0) is 5.75 Å². The first-order valence-corrected chi connectivity index (χ1v) is 6.20. The van der Waals surface area contributed by atoms with E-state index in [2.05, 4.69) is 0 Å². The summed E-state index contributed by atoms with van der Waals surface area (Å²) in [6, 6.07) is 6.41. The Labute approximate surface area is 99.1 Å². The largest absolute Gasteiger partial charge is 0.396 e. The molecule has 2 nitrogen and oxygen atoms in total. The van der Waals surface area contributed by atoms with E-state index in [1.54, 1.807) is 23.9 Å². The van der Waals surface area contributed by atoms with Crippen molar-refractivity contribution in [1.29, 1.82) is 5.26 Å². The first-order chi connectivity index (χ1) is 7.67. The van der Waals surface area contributed by atoms with Gasteiger partial charge in [-0.05, 0) is 29.4 Å². The first-order valence-electron chi connectivity index (χ1n) is 5.04. The summed E-state index contributed by atoms with van der Waals surface area (Å²) in [4.78, 5) is 0. The summed E-state index contributed by atoms with van der Waals surface area (Å²) in [5.74, 6) is 1.38. The Morgan fingerprint density at radius 1 is 1.56 bits per heavy atom. The Balaban J connectivity index is 2.52. The minimum atomic E-state index is -0.472. The molecule has 0 heterocycles. The number of hydrogen-bond acceptors (Lipinski definition) is 3. The fraction of sp³-hybridized carbons (Fsp3) is 0.417. The molecule has 0 aliphatic carbocycles. The summed E-state index contributed by atoms with van der Waals surface area (Å²) < 4.78 is 13.0. The van der Waals surface area contributed by atoms with Gasteiger partial charge in [0.25, 0.3) is 0 Å². The zero-order valence-corrected chi connectivity index (χ0v) is 9.93. The highest BCUT2D eigenvalue weighted by atomic mass is 32.2. The molecule has 0 aliphatic heterocycles. The van der Waals surface area contributed by atoms with Crippen LogP contribution in [-0.4, -0.2) is 17.5 Å². The molecule has 1 atom stereocenters. The molecule has 1 rings (SSSR count). The molecule has 0 radical (unpaired) electrons. The third-order valence-electron chi connectivity index (χ3n) is 2.13. The highest BCUT2D eigenvalue weighted by Crippen LogP contribution is 2.17. The van der Waals surface area contributed by atoms with Gasteiger partial charge in [0.05, 0.1) is 5.56 Å². The lowest BCUT2D eigenvalue weighted by Gasteiger charge is -2.07. The van der Waals surface area contributed by atoms with E-state index < -0.39 is 5.82 Å². The minimum Gasteiger partial charge on any atom is -0.396 e. The number of hydrogen-bond donors (Lipinski definition) is 1. The van der Waals surface area contributed by atoms with E-state index in [4.69, 9.17) is 10.4 Å². The zero-order chi connectivity index (χ0) is 12.0. The number of halogens is 1. The number of aliphatic hydroxyl groups is 1. The standard InChI is InChI=1S/C12H14FNOS/c1-9(6-15)7-16-8-10-2-3-12(13)11(4-10)5-14/h2-4,9,15H,6-8H2,1H3. The van der Waals surface area contributed by atoms with Gasteiger partial charge in [-0.3, -0.25) is 0 Å². The Kier molecular flexibility index (Phi) is 5.30. The monoisotopic (exact) mass is 239 g/mol. The van der Waals surface area contributed by atoms with Gasteiger partial charge >= 0.3 is 0 Å². The van der Waals surface area contributed by atoms with Crippen molar-refractivity contribution >= 4 is 11.8 Å². The van der Waals surface area contributed by atoms with Crippen LogP contribution in [0.1, 0.15) is 18.1 Å². The molecule has 4 heteroatoms. The lowest BCUT2D eigenvalue weighted by molar-refractivity contribution is 0.250. The van der Waals surface area contributed by atoms with Gasteiger partial charge in [0.2, 0.25) is 0 Å². The molecule has 0 spiro atoms. The van der Waals surface area contributed by atoms with Gasteiger partial charge in [0.1, 0.15) is 11.9 Å². The van der Waals surface area contributed by atoms with Crippen LogP contribution >= 0.6 is 11.8 Å². The number of thioether (sulfide) groups is 1. The Hall–Kier alpha value is -1.05. The van der Waals surface area contributed by atoms with Crippen molar-refractivity contribution in [2.24, 2.45) is 5.92 Å². The van der Waals surface area contributed by atoms with E-state index in [1.165, 1.54) is 6.07 Å². The molecular formula is C12H14FNOS. The summed E-state index contributed by atoms with van der Waals surface area (Å²) in [7, 11) is 0. The van der Waals surface area contributed by atoms with Crippen molar-refractivity contribution < 1.29 is 9.50 Å². The number of nitriles is 1. The van der Waals surface area contributed by atoms with E-state index in [0.717, 1.165) is 17.1 Å². The maximum atomic E-state index is 13.0. The average molecular weight is 239 g/mol. The van der Waals surface area contributed by atoms with E-state index in [0.29, 0.717) is 0 Å². The van der Waals surface area contributed by atoms with E-state index in [9.17, 15) is 4.39 Å². The third-order valence-corrected chi connectivity index (χ3v) is 3.48.